The van der Waals surface area contributed by atoms with Gasteiger partial charge in [0.1, 0.15) is 0 Å². The van der Waals surface area contributed by atoms with Crippen LogP contribution in [0.5, 0.6) is 5.75 Å². The molecule has 0 aliphatic carbocycles. The average molecular weight is 211 g/mol. The number of halogens is 1. The van der Waals surface area contributed by atoms with E-state index in [1.54, 1.807) is 12.1 Å². The van der Waals surface area contributed by atoms with Crippen LogP contribution in [0, 0.1) is 5.82 Å². The summed E-state index contributed by atoms with van der Waals surface area (Å²) >= 11 is 0. The van der Waals surface area contributed by atoms with E-state index < -0.39 is 0 Å². The van der Waals surface area contributed by atoms with Gasteiger partial charge in [0, 0.05) is 11.6 Å². The molecule has 0 aliphatic heterocycles. The largest absolute Gasteiger partial charge is 0.487 e. The third kappa shape index (κ3) is 2.93. The molecule has 0 spiro atoms. The monoisotopic (exact) mass is 211 g/mol. The first kappa shape index (κ1) is 12.0. The molecule has 0 aliphatic rings. The van der Waals surface area contributed by atoms with Gasteiger partial charge in [0.15, 0.2) is 11.6 Å². The summed E-state index contributed by atoms with van der Waals surface area (Å²) in [7, 11) is 0. The first-order valence-electron chi connectivity index (χ1n) is 5.26. The lowest BCUT2D eigenvalue weighted by molar-refractivity contribution is 0.204. The van der Waals surface area contributed by atoms with Crippen molar-refractivity contribution in [1.82, 2.24) is 0 Å². The van der Waals surface area contributed by atoms with Crippen LogP contribution in [-0.2, 0) is 0 Å². The molecule has 0 fully saturated rings. The van der Waals surface area contributed by atoms with Crippen LogP contribution in [0.2, 0.25) is 0 Å². The van der Waals surface area contributed by atoms with Crippen LogP contribution < -0.4 is 10.5 Å². The Hall–Kier alpha value is -1.09. The highest BCUT2D eigenvalue weighted by Gasteiger charge is 2.14. The van der Waals surface area contributed by atoms with Crippen LogP contribution in [-0.4, -0.2) is 6.10 Å². The average Bonchev–Trinajstić information content (AvgIpc) is 2.20. The molecule has 0 saturated heterocycles. The summed E-state index contributed by atoms with van der Waals surface area (Å²) in [6.07, 6.45) is 0.839. The summed E-state index contributed by atoms with van der Waals surface area (Å²) < 4.78 is 19.1. The zero-order valence-electron chi connectivity index (χ0n) is 9.46. The molecule has 84 valence electrons. The van der Waals surface area contributed by atoms with Crippen molar-refractivity contribution in [3.05, 3.63) is 29.6 Å². The molecule has 15 heavy (non-hydrogen) atoms. The Balaban J connectivity index is 3.02. The summed E-state index contributed by atoms with van der Waals surface area (Å²) in [4.78, 5) is 0. The van der Waals surface area contributed by atoms with Gasteiger partial charge in [0.2, 0.25) is 0 Å². The van der Waals surface area contributed by atoms with Gasteiger partial charge in [-0.25, -0.2) is 4.39 Å². The van der Waals surface area contributed by atoms with Crippen molar-refractivity contribution in [2.45, 2.75) is 39.3 Å². The second-order valence-corrected chi connectivity index (χ2v) is 3.78. The third-order valence-corrected chi connectivity index (χ3v) is 2.38. The maximum absolute atomic E-state index is 13.5. The van der Waals surface area contributed by atoms with Crippen molar-refractivity contribution in [2.75, 3.05) is 0 Å². The summed E-state index contributed by atoms with van der Waals surface area (Å²) in [6, 6.07) is 4.62. The van der Waals surface area contributed by atoms with Crippen LogP contribution in [0.15, 0.2) is 18.2 Å². The van der Waals surface area contributed by atoms with E-state index in [4.69, 9.17) is 10.5 Å². The minimum Gasteiger partial charge on any atom is -0.487 e. The molecule has 1 rings (SSSR count). The van der Waals surface area contributed by atoms with Crippen LogP contribution in [0.3, 0.4) is 0 Å². The van der Waals surface area contributed by atoms with E-state index in [1.165, 1.54) is 6.07 Å². The topological polar surface area (TPSA) is 35.2 Å². The summed E-state index contributed by atoms with van der Waals surface area (Å²) in [5.41, 5.74) is 6.47. The molecule has 0 aromatic heterocycles. The van der Waals surface area contributed by atoms with Crippen molar-refractivity contribution in [3.63, 3.8) is 0 Å². The molecular formula is C12H18FNO. The van der Waals surface area contributed by atoms with E-state index in [-0.39, 0.29) is 18.0 Å². The summed E-state index contributed by atoms with van der Waals surface area (Å²) in [5.74, 6) is -0.0491. The summed E-state index contributed by atoms with van der Waals surface area (Å²) in [6.45, 7) is 5.73. The maximum atomic E-state index is 13.5. The van der Waals surface area contributed by atoms with Gasteiger partial charge in [-0.2, -0.15) is 0 Å². The molecule has 2 N–H and O–H groups in total. The second-order valence-electron chi connectivity index (χ2n) is 3.78. The molecule has 0 amide bonds. The number of hydrogen-bond donors (Lipinski definition) is 1. The number of para-hydroxylation sites is 1. The molecule has 1 aromatic carbocycles. The predicted molar refractivity (Wildman–Crippen MR) is 59.4 cm³/mol. The van der Waals surface area contributed by atoms with E-state index in [2.05, 4.69) is 0 Å². The Labute approximate surface area is 90.2 Å². The lowest BCUT2D eigenvalue weighted by Crippen LogP contribution is -2.15. The van der Waals surface area contributed by atoms with Gasteiger partial charge in [-0.15, -0.1) is 0 Å². The zero-order valence-corrected chi connectivity index (χ0v) is 9.46. The van der Waals surface area contributed by atoms with Crippen LogP contribution in [0.1, 0.15) is 38.8 Å². The standard InChI is InChI=1S/C12H18FNO/c1-4-8(2)15-12-10(9(3)14)6-5-7-11(12)13/h5-9H,4,14H2,1-3H3/t8?,9-/m1/s1. The smallest absolute Gasteiger partial charge is 0.165 e. The van der Waals surface area contributed by atoms with Gasteiger partial charge in [-0.05, 0) is 26.3 Å². The first-order valence-corrected chi connectivity index (χ1v) is 5.26. The SMILES string of the molecule is CCC(C)Oc1c(F)cccc1[C@@H](C)N. The number of ether oxygens (including phenoxy) is 1. The Kier molecular flexibility index (Phi) is 4.09. The van der Waals surface area contributed by atoms with Gasteiger partial charge in [-0.3, -0.25) is 0 Å². The number of hydrogen-bond acceptors (Lipinski definition) is 2. The molecule has 1 aromatic rings. The highest BCUT2D eigenvalue weighted by atomic mass is 19.1. The normalized spacial score (nSPS) is 14.7. The van der Waals surface area contributed by atoms with Gasteiger partial charge >= 0.3 is 0 Å². The van der Waals surface area contributed by atoms with E-state index in [1.807, 2.05) is 20.8 Å². The molecular weight excluding hydrogens is 193 g/mol. The molecule has 0 saturated carbocycles. The van der Waals surface area contributed by atoms with Crippen molar-refractivity contribution in [2.24, 2.45) is 5.73 Å². The van der Waals surface area contributed by atoms with Crippen molar-refractivity contribution < 1.29 is 9.13 Å². The molecule has 2 nitrogen and oxygen atoms in total. The van der Waals surface area contributed by atoms with Gasteiger partial charge in [-0.1, -0.05) is 19.1 Å². The molecule has 1 unspecified atom stereocenters. The lowest BCUT2D eigenvalue weighted by atomic mass is 10.1. The molecule has 2 atom stereocenters. The van der Waals surface area contributed by atoms with Gasteiger partial charge in [0.05, 0.1) is 6.10 Å². The van der Waals surface area contributed by atoms with E-state index in [9.17, 15) is 4.39 Å². The van der Waals surface area contributed by atoms with Crippen molar-refractivity contribution in [1.29, 1.82) is 0 Å². The van der Waals surface area contributed by atoms with Crippen molar-refractivity contribution >= 4 is 0 Å². The quantitative estimate of drug-likeness (QED) is 0.830. The minimum atomic E-state index is -0.342. The number of nitrogens with two attached hydrogens (primary N) is 1. The van der Waals surface area contributed by atoms with Gasteiger partial charge in [0.25, 0.3) is 0 Å². The van der Waals surface area contributed by atoms with E-state index >= 15 is 0 Å². The minimum absolute atomic E-state index is 0.000556. The fourth-order valence-corrected chi connectivity index (χ4v) is 1.29. The Morgan fingerprint density at radius 3 is 2.60 bits per heavy atom. The molecule has 0 radical (unpaired) electrons. The lowest BCUT2D eigenvalue weighted by Gasteiger charge is -2.18. The molecule has 0 heterocycles. The highest BCUT2D eigenvalue weighted by molar-refractivity contribution is 5.37. The summed E-state index contributed by atoms with van der Waals surface area (Å²) in [5, 5.41) is 0. The fraction of sp³-hybridized carbons (Fsp3) is 0.500. The van der Waals surface area contributed by atoms with Crippen LogP contribution >= 0.6 is 0 Å². The Morgan fingerprint density at radius 1 is 1.40 bits per heavy atom. The first-order chi connectivity index (χ1) is 7.06. The van der Waals surface area contributed by atoms with E-state index in [0.29, 0.717) is 5.75 Å². The van der Waals surface area contributed by atoms with Crippen LogP contribution in [0.4, 0.5) is 4.39 Å². The number of benzene rings is 1. The third-order valence-electron chi connectivity index (χ3n) is 2.38. The number of rotatable bonds is 4. The molecule has 3 heteroatoms. The van der Waals surface area contributed by atoms with E-state index in [0.717, 1.165) is 12.0 Å². The highest BCUT2D eigenvalue weighted by Crippen LogP contribution is 2.28. The molecule has 0 bridgehead atoms. The predicted octanol–water partition coefficient (Wildman–Crippen LogP) is 3.02. The second kappa shape index (κ2) is 5.12. The fourth-order valence-electron chi connectivity index (χ4n) is 1.29. The Morgan fingerprint density at radius 2 is 2.07 bits per heavy atom. The Bertz CT molecular complexity index is 325. The maximum Gasteiger partial charge on any atom is 0.165 e. The van der Waals surface area contributed by atoms with Gasteiger partial charge < -0.3 is 10.5 Å². The zero-order chi connectivity index (χ0) is 11.4. The van der Waals surface area contributed by atoms with Crippen molar-refractivity contribution in [3.8, 4) is 5.75 Å². The van der Waals surface area contributed by atoms with Crippen LogP contribution in [0.25, 0.3) is 0 Å².